The highest BCUT2D eigenvalue weighted by Crippen LogP contribution is 2.40. The van der Waals surface area contributed by atoms with E-state index in [1.54, 1.807) is 36.4 Å². The van der Waals surface area contributed by atoms with Gasteiger partial charge in [0.05, 0.1) is 54.0 Å². The molecule has 3 aromatic rings. The summed E-state index contributed by atoms with van der Waals surface area (Å²) in [5.41, 5.74) is 7.84. The molecule has 0 radical (unpaired) electrons. The second kappa shape index (κ2) is 12.4. The van der Waals surface area contributed by atoms with Crippen molar-refractivity contribution in [1.82, 2.24) is 0 Å². The van der Waals surface area contributed by atoms with Gasteiger partial charge >= 0.3 is 0 Å². The molecule has 10 heteroatoms. The van der Waals surface area contributed by atoms with E-state index in [0.717, 1.165) is 0 Å². The van der Waals surface area contributed by atoms with Crippen molar-refractivity contribution >= 4 is 29.1 Å². The highest BCUT2D eigenvalue weighted by atomic mass is 16.5. The number of hydrogen-bond donors (Lipinski definition) is 2. The first-order valence-corrected chi connectivity index (χ1v) is 11.3. The van der Waals surface area contributed by atoms with Crippen molar-refractivity contribution in [2.24, 2.45) is 0 Å². The Hall–Kier alpha value is -4.86. The molecule has 1 amide bonds. The molecule has 0 aliphatic heterocycles. The van der Waals surface area contributed by atoms with E-state index in [1.165, 1.54) is 60.9 Å². The van der Waals surface area contributed by atoms with Gasteiger partial charge in [0.25, 0.3) is 0 Å². The third kappa shape index (κ3) is 5.92. The van der Waals surface area contributed by atoms with Gasteiger partial charge in [-0.05, 0) is 48.0 Å². The Morgan fingerprint density at radius 2 is 1.21 bits per heavy atom. The van der Waals surface area contributed by atoms with E-state index in [9.17, 15) is 9.59 Å². The minimum Gasteiger partial charge on any atom is -0.495 e. The Kier molecular flexibility index (Phi) is 9.04. The number of nitrogens with two attached hydrogens (primary N) is 1. The van der Waals surface area contributed by atoms with Crippen LogP contribution in [0.5, 0.6) is 34.5 Å². The molecule has 0 saturated heterocycles. The zero-order valence-corrected chi connectivity index (χ0v) is 22.0. The van der Waals surface area contributed by atoms with E-state index in [4.69, 9.17) is 34.2 Å². The summed E-state index contributed by atoms with van der Waals surface area (Å²) < 4.78 is 32.1. The fourth-order valence-electron chi connectivity index (χ4n) is 3.77. The van der Waals surface area contributed by atoms with Gasteiger partial charge in [-0.3, -0.25) is 9.59 Å². The summed E-state index contributed by atoms with van der Waals surface area (Å²) in [6.07, 6.45) is 2.93. The first-order chi connectivity index (χ1) is 18.3. The van der Waals surface area contributed by atoms with Crippen LogP contribution in [-0.4, -0.2) is 54.3 Å². The van der Waals surface area contributed by atoms with Crippen LogP contribution in [0.15, 0.2) is 48.5 Å². The highest BCUT2D eigenvalue weighted by molar-refractivity contribution is 6.11. The number of methoxy groups -OCH3 is 6. The number of ketones is 1. The lowest BCUT2D eigenvalue weighted by atomic mass is 10.0. The molecule has 0 bridgehead atoms. The maximum atomic E-state index is 13.5. The van der Waals surface area contributed by atoms with Crippen molar-refractivity contribution in [1.29, 1.82) is 0 Å². The van der Waals surface area contributed by atoms with Crippen LogP contribution in [0.3, 0.4) is 0 Å². The van der Waals surface area contributed by atoms with Gasteiger partial charge in [-0.1, -0.05) is 6.07 Å². The van der Waals surface area contributed by atoms with Crippen LogP contribution in [0, 0.1) is 0 Å². The number of carbonyl (C=O) groups is 2. The molecule has 0 unspecified atom stereocenters. The summed E-state index contributed by atoms with van der Waals surface area (Å²) in [5, 5.41) is 2.75. The number of ether oxygens (including phenoxy) is 6. The molecule has 3 N–H and O–H groups in total. The van der Waals surface area contributed by atoms with Gasteiger partial charge in [0.15, 0.2) is 28.8 Å². The lowest BCUT2D eigenvalue weighted by Gasteiger charge is -2.16. The van der Waals surface area contributed by atoms with Crippen LogP contribution in [0.2, 0.25) is 0 Å². The summed E-state index contributed by atoms with van der Waals surface area (Å²) in [5.74, 6) is 1.23. The van der Waals surface area contributed by atoms with Crippen LogP contribution >= 0.6 is 0 Å². The van der Waals surface area contributed by atoms with Gasteiger partial charge < -0.3 is 39.5 Å². The predicted octanol–water partition coefficient (Wildman–Crippen LogP) is 4.20. The molecule has 0 aliphatic rings. The molecule has 0 spiro atoms. The van der Waals surface area contributed by atoms with Gasteiger partial charge in [-0.2, -0.15) is 0 Å². The SMILES string of the molecule is COc1ccc(/C=C/C(=O)Nc2cc(C(=O)c3cc(OC)c(OC)c(OC)c3)cc(OC)c2OC)cc1N. The summed E-state index contributed by atoms with van der Waals surface area (Å²) in [6.45, 7) is 0. The van der Waals surface area contributed by atoms with Gasteiger partial charge in [-0.15, -0.1) is 0 Å². The Morgan fingerprint density at radius 3 is 1.71 bits per heavy atom. The maximum Gasteiger partial charge on any atom is 0.248 e. The van der Waals surface area contributed by atoms with E-state index < -0.39 is 5.91 Å². The lowest BCUT2D eigenvalue weighted by Crippen LogP contribution is -2.11. The van der Waals surface area contributed by atoms with Gasteiger partial charge in [0.2, 0.25) is 11.7 Å². The van der Waals surface area contributed by atoms with Crippen LogP contribution in [0.4, 0.5) is 11.4 Å². The summed E-state index contributed by atoms with van der Waals surface area (Å²) in [4.78, 5) is 26.3. The topological polar surface area (TPSA) is 128 Å². The molecule has 0 aromatic heterocycles. The molecular weight excluding hydrogens is 492 g/mol. The van der Waals surface area contributed by atoms with Crippen molar-refractivity contribution < 1.29 is 38.0 Å². The summed E-state index contributed by atoms with van der Waals surface area (Å²) in [6, 6.07) is 11.3. The van der Waals surface area contributed by atoms with Crippen molar-refractivity contribution in [3.8, 4) is 34.5 Å². The van der Waals surface area contributed by atoms with Crippen LogP contribution in [0.25, 0.3) is 6.08 Å². The first kappa shape index (κ1) is 27.7. The predicted molar refractivity (Wildman–Crippen MR) is 144 cm³/mol. The number of hydrogen-bond acceptors (Lipinski definition) is 9. The molecule has 0 aliphatic carbocycles. The Morgan fingerprint density at radius 1 is 0.684 bits per heavy atom. The van der Waals surface area contributed by atoms with E-state index in [-0.39, 0.29) is 34.1 Å². The second-order valence-corrected chi connectivity index (χ2v) is 7.83. The van der Waals surface area contributed by atoms with Crippen LogP contribution < -0.4 is 39.5 Å². The zero-order valence-electron chi connectivity index (χ0n) is 22.0. The Balaban J connectivity index is 1.96. The molecule has 10 nitrogen and oxygen atoms in total. The number of rotatable bonds is 11. The number of carbonyl (C=O) groups excluding carboxylic acids is 2. The van der Waals surface area contributed by atoms with Gasteiger partial charge in [0.1, 0.15) is 5.75 Å². The molecule has 0 fully saturated rings. The minimum atomic E-state index is -0.461. The lowest BCUT2D eigenvalue weighted by molar-refractivity contribution is -0.111. The molecule has 200 valence electrons. The van der Waals surface area contributed by atoms with Gasteiger partial charge in [-0.25, -0.2) is 0 Å². The fraction of sp³-hybridized carbons (Fsp3) is 0.214. The monoisotopic (exact) mass is 522 g/mol. The molecule has 0 heterocycles. The van der Waals surface area contributed by atoms with Crippen molar-refractivity contribution in [2.75, 3.05) is 53.7 Å². The minimum absolute atomic E-state index is 0.235. The quantitative estimate of drug-likeness (QED) is 0.216. The fourth-order valence-corrected chi connectivity index (χ4v) is 3.77. The van der Waals surface area contributed by atoms with E-state index >= 15 is 0 Å². The number of amides is 1. The summed E-state index contributed by atoms with van der Waals surface area (Å²) in [7, 11) is 8.79. The molecule has 0 saturated carbocycles. The first-order valence-electron chi connectivity index (χ1n) is 11.3. The third-order valence-electron chi connectivity index (χ3n) is 5.61. The van der Waals surface area contributed by atoms with Gasteiger partial charge in [0, 0.05) is 17.2 Å². The molecular formula is C28H30N2O8. The summed E-state index contributed by atoms with van der Waals surface area (Å²) >= 11 is 0. The van der Waals surface area contributed by atoms with Crippen molar-refractivity contribution in [3.63, 3.8) is 0 Å². The molecule has 3 rings (SSSR count). The second-order valence-electron chi connectivity index (χ2n) is 7.83. The van der Waals surface area contributed by atoms with Crippen molar-refractivity contribution in [3.05, 3.63) is 65.2 Å². The normalized spacial score (nSPS) is 10.6. The van der Waals surface area contributed by atoms with Crippen LogP contribution in [0.1, 0.15) is 21.5 Å². The molecule has 3 aromatic carbocycles. The molecule has 0 atom stereocenters. The van der Waals surface area contributed by atoms with E-state index in [2.05, 4.69) is 5.32 Å². The smallest absolute Gasteiger partial charge is 0.248 e. The number of nitrogens with one attached hydrogen (secondary N) is 1. The number of anilines is 2. The maximum absolute atomic E-state index is 13.5. The molecule has 38 heavy (non-hydrogen) atoms. The number of benzene rings is 3. The van der Waals surface area contributed by atoms with E-state index in [1.807, 2.05) is 0 Å². The third-order valence-corrected chi connectivity index (χ3v) is 5.61. The zero-order chi connectivity index (χ0) is 27.8. The highest BCUT2D eigenvalue weighted by Gasteiger charge is 2.22. The van der Waals surface area contributed by atoms with E-state index in [0.29, 0.717) is 34.2 Å². The van der Waals surface area contributed by atoms with Crippen LogP contribution in [-0.2, 0) is 4.79 Å². The largest absolute Gasteiger partial charge is 0.495 e. The van der Waals surface area contributed by atoms with Crippen molar-refractivity contribution in [2.45, 2.75) is 0 Å². The standard InChI is InChI=1S/C28H30N2O8/c1-33-21-9-7-16(11-19(21)29)8-10-25(31)30-20-12-17(13-22(34-2)27(20)37-5)26(32)18-14-23(35-3)28(38-6)24(15-18)36-4/h7-15H,29H2,1-6H3,(H,30,31)/b10-8+. The average molecular weight is 523 g/mol. The average Bonchev–Trinajstić information content (AvgIpc) is 2.94. The number of nitrogen functional groups attached to an aromatic ring is 1. The Labute approximate surface area is 220 Å². The Bertz CT molecular complexity index is 1340.